The van der Waals surface area contributed by atoms with Crippen LogP contribution in [0.25, 0.3) is 0 Å². The number of hydrogen-bond acceptors (Lipinski definition) is 4. The number of halogens is 1. The average Bonchev–Trinajstić information content (AvgIpc) is 3.10. The third kappa shape index (κ3) is 9.36. The zero-order chi connectivity index (χ0) is 21.9. The number of benzene rings is 2. The fourth-order valence-electron chi connectivity index (χ4n) is 3.62. The van der Waals surface area contributed by atoms with Crippen molar-refractivity contribution in [2.24, 2.45) is 4.99 Å². The Labute approximate surface area is 209 Å². The molecule has 0 saturated carbocycles. The molecule has 1 aliphatic heterocycles. The van der Waals surface area contributed by atoms with Gasteiger partial charge in [0.15, 0.2) is 15.8 Å². The van der Waals surface area contributed by atoms with Crippen molar-refractivity contribution >= 4 is 39.8 Å². The second kappa shape index (κ2) is 13.7. The Morgan fingerprint density at radius 2 is 1.88 bits per heavy atom. The van der Waals surface area contributed by atoms with Gasteiger partial charge in [0, 0.05) is 19.1 Å². The van der Waals surface area contributed by atoms with Crippen LogP contribution in [0.5, 0.6) is 5.75 Å². The summed E-state index contributed by atoms with van der Waals surface area (Å²) in [5, 5.41) is 6.45. The van der Waals surface area contributed by atoms with Crippen molar-refractivity contribution in [2.45, 2.75) is 38.6 Å². The van der Waals surface area contributed by atoms with Gasteiger partial charge in [0.1, 0.15) is 5.75 Å². The van der Waals surface area contributed by atoms with Crippen molar-refractivity contribution in [1.29, 1.82) is 0 Å². The Kier molecular flexibility index (Phi) is 11.3. The molecule has 1 aliphatic rings. The molecular weight excluding hydrogens is 537 g/mol. The third-order valence-electron chi connectivity index (χ3n) is 5.21. The highest BCUT2D eigenvalue weighted by atomic mass is 127. The first-order chi connectivity index (χ1) is 15.0. The van der Waals surface area contributed by atoms with Crippen molar-refractivity contribution in [3.05, 3.63) is 65.7 Å². The van der Waals surface area contributed by atoms with Gasteiger partial charge in [0.2, 0.25) is 0 Å². The number of sulfone groups is 1. The molecule has 3 rings (SSSR count). The summed E-state index contributed by atoms with van der Waals surface area (Å²) >= 11 is 0. The van der Waals surface area contributed by atoms with Crippen LogP contribution in [0.15, 0.2) is 59.6 Å². The van der Waals surface area contributed by atoms with Gasteiger partial charge >= 0.3 is 0 Å². The lowest BCUT2D eigenvalue weighted by Crippen LogP contribution is -2.44. The van der Waals surface area contributed by atoms with Crippen LogP contribution < -0.4 is 15.4 Å². The van der Waals surface area contributed by atoms with E-state index < -0.39 is 9.84 Å². The molecule has 1 saturated heterocycles. The number of nitrogens with zero attached hydrogens (tertiary/aromatic N) is 1. The normalized spacial score (nSPS) is 17.4. The molecule has 1 atom stereocenters. The Morgan fingerprint density at radius 1 is 1.09 bits per heavy atom. The van der Waals surface area contributed by atoms with E-state index in [1.807, 2.05) is 25.1 Å². The smallest absolute Gasteiger partial charge is 0.191 e. The summed E-state index contributed by atoms with van der Waals surface area (Å²) in [5.41, 5.74) is 2.50. The molecule has 1 fully saturated rings. The zero-order valence-corrected chi connectivity index (χ0v) is 21.8. The lowest BCUT2D eigenvalue weighted by atomic mass is 10.1. The molecule has 0 aromatic heterocycles. The van der Waals surface area contributed by atoms with Crippen LogP contribution >= 0.6 is 24.0 Å². The largest absolute Gasteiger partial charge is 0.494 e. The van der Waals surface area contributed by atoms with Crippen LogP contribution in [0.1, 0.15) is 30.9 Å². The SMILES string of the molecule is CCNC(=NCCc1cccc(OCCCc2ccccc2)c1)NC1CCS(=O)(=O)C1.I. The van der Waals surface area contributed by atoms with Crippen LogP contribution in [0.3, 0.4) is 0 Å². The monoisotopic (exact) mass is 571 g/mol. The van der Waals surface area contributed by atoms with Gasteiger partial charge in [-0.2, -0.15) is 0 Å². The Bertz CT molecular complexity index is 952. The summed E-state index contributed by atoms with van der Waals surface area (Å²) < 4.78 is 29.3. The predicted octanol–water partition coefficient (Wildman–Crippen LogP) is 3.60. The van der Waals surface area contributed by atoms with Gasteiger partial charge < -0.3 is 15.4 Å². The minimum atomic E-state index is -2.91. The minimum Gasteiger partial charge on any atom is -0.494 e. The fraction of sp³-hybridized carbons (Fsp3) is 0.458. The van der Waals surface area contributed by atoms with Gasteiger partial charge in [-0.1, -0.05) is 42.5 Å². The van der Waals surface area contributed by atoms with E-state index in [0.29, 0.717) is 25.5 Å². The first-order valence-corrected chi connectivity index (χ1v) is 12.9. The number of hydrogen-bond donors (Lipinski definition) is 2. The number of aryl methyl sites for hydroxylation is 1. The van der Waals surface area contributed by atoms with Gasteiger partial charge in [-0.25, -0.2) is 8.42 Å². The van der Waals surface area contributed by atoms with Crippen molar-refractivity contribution < 1.29 is 13.2 Å². The first-order valence-electron chi connectivity index (χ1n) is 11.0. The lowest BCUT2D eigenvalue weighted by molar-refractivity contribution is 0.310. The Morgan fingerprint density at radius 3 is 2.59 bits per heavy atom. The van der Waals surface area contributed by atoms with Crippen molar-refractivity contribution in [3.63, 3.8) is 0 Å². The maximum atomic E-state index is 11.7. The van der Waals surface area contributed by atoms with E-state index in [-0.39, 0.29) is 41.5 Å². The molecule has 2 N–H and O–H groups in total. The van der Waals surface area contributed by atoms with E-state index in [1.54, 1.807) is 0 Å². The van der Waals surface area contributed by atoms with Gasteiger partial charge in [-0.15, -0.1) is 24.0 Å². The Hall–Kier alpha value is -1.81. The van der Waals surface area contributed by atoms with E-state index in [4.69, 9.17) is 4.74 Å². The molecule has 6 nitrogen and oxygen atoms in total. The molecule has 176 valence electrons. The number of nitrogens with one attached hydrogen (secondary N) is 2. The van der Waals surface area contributed by atoms with Crippen molar-refractivity contribution in [2.75, 3.05) is 31.2 Å². The van der Waals surface area contributed by atoms with Crippen LogP contribution in [0.4, 0.5) is 0 Å². The minimum absolute atomic E-state index is 0. The third-order valence-corrected chi connectivity index (χ3v) is 6.98. The van der Waals surface area contributed by atoms with Crippen LogP contribution in [-0.4, -0.2) is 51.6 Å². The van der Waals surface area contributed by atoms with Crippen molar-refractivity contribution in [1.82, 2.24) is 10.6 Å². The van der Waals surface area contributed by atoms with Crippen molar-refractivity contribution in [3.8, 4) is 5.75 Å². The highest BCUT2D eigenvalue weighted by Gasteiger charge is 2.28. The van der Waals surface area contributed by atoms with E-state index in [9.17, 15) is 8.42 Å². The zero-order valence-electron chi connectivity index (χ0n) is 18.6. The summed E-state index contributed by atoms with van der Waals surface area (Å²) in [6.07, 6.45) is 3.42. The maximum absolute atomic E-state index is 11.7. The fourth-order valence-corrected chi connectivity index (χ4v) is 5.29. The maximum Gasteiger partial charge on any atom is 0.191 e. The molecule has 1 heterocycles. The van der Waals surface area contributed by atoms with E-state index in [2.05, 4.69) is 52.0 Å². The first kappa shape index (κ1) is 26.4. The number of guanidine groups is 1. The standard InChI is InChI=1S/C24H33N3O3S.HI/c1-2-25-24(27-22-14-17-31(28,29)19-22)26-15-13-21-10-6-12-23(18-21)30-16-7-11-20-8-4-3-5-9-20;/h3-6,8-10,12,18,22H,2,7,11,13-17,19H2,1H3,(H2,25,26,27);1H. The summed E-state index contributed by atoms with van der Waals surface area (Å²) in [4.78, 5) is 4.62. The van der Waals surface area contributed by atoms with E-state index >= 15 is 0 Å². The number of aliphatic imine (C=N–C) groups is 1. The average molecular weight is 572 g/mol. The second-order valence-corrected chi connectivity index (χ2v) is 10.1. The molecule has 32 heavy (non-hydrogen) atoms. The van der Waals surface area contributed by atoms with E-state index in [1.165, 1.54) is 11.1 Å². The molecule has 2 aromatic carbocycles. The predicted molar refractivity (Wildman–Crippen MR) is 142 cm³/mol. The Balaban J connectivity index is 0.00000363. The molecule has 0 spiro atoms. The number of rotatable bonds is 10. The number of ether oxygens (including phenoxy) is 1. The molecule has 0 bridgehead atoms. The van der Waals surface area contributed by atoms with Gasteiger partial charge in [0.25, 0.3) is 0 Å². The molecule has 1 unspecified atom stereocenters. The van der Waals surface area contributed by atoms with Crippen LogP contribution in [0, 0.1) is 0 Å². The van der Waals surface area contributed by atoms with Crippen LogP contribution in [0.2, 0.25) is 0 Å². The molecule has 8 heteroatoms. The second-order valence-electron chi connectivity index (χ2n) is 7.84. The van der Waals surface area contributed by atoms with Gasteiger partial charge in [0.05, 0.1) is 18.1 Å². The molecule has 2 aromatic rings. The quantitative estimate of drug-likeness (QED) is 0.197. The van der Waals surface area contributed by atoms with Gasteiger partial charge in [-0.3, -0.25) is 4.99 Å². The lowest BCUT2D eigenvalue weighted by Gasteiger charge is -2.15. The topological polar surface area (TPSA) is 79.8 Å². The van der Waals surface area contributed by atoms with E-state index in [0.717, 1.165) is 31.6 Å². The molecular formula is C24H34IN3O3S. The molecule has 0 amide bonds. The summed E-state index contributed by atoms with van der Waals surface area (Å²) in [6.45, 7) is 4.04. The summed E-state index contributed by atoms with van der Waals surface area (Å²) in [5.74, 6) is 2.00. The molecule has 0 radical (unpaired) electrons. The highest BCUT2D eigenvalue weighted by Crippen LogP contribution is 2.15. The molecule has 0 aliphatic carbocycles. The summed E-state index contributed by atoms with van der Waals surface area (Å²) in [6, 6.07) is 18.5. The highest BCUT2D eigenvalue weighted by molar-refractivity contribution is 14.0. The van der Waals surface area contributed by atoms with Crippen LogP contribution in [-0.2, 0) is 22.7 Å². The van der Waals surface area contributed by atoms with Gasteiger partial charge in [-0.05, 0) is 55.9 Å². The summed E-state index contributed by atoms with van der Waals surface area (Å²) in [7, 11) is -2.91.